The van der Waals surface area contributed by atoms with Crippen LogP contribution in [-0.4, -0.2) is 18.9 Å². The van der Waals surface area contributed by atoms with Crippen LogP contribution in [0.2, 0.25) is 0 Å². The zero-order valence-electron chi connectivity index (χ0n) is 22.8. The molecule has 3 saturated carbocycles. The Morgan fingerprint density at radius 3 is 2.32 bits per heavy atom. The van der Waals surface area contributed by atoms with E-state index in [1.165, 1.54) is 25.5 Å². The predicted molar refractivity (Wildman–Crippen MR) is 136 cm³/mol. The van der Waals surface area contributed by atoms with Crippen LogP contribution in [0, 0.1) is 50.2 Å². The topological polar surface area (TPSA) is 43.4 Å². The quantitative estimate of drug-likeness (QED) is 0.301. The first kappa shape index (κ1) is 24.3. The lowest BCUT2D eigenvalue weighted by atomic mass is 9.34. The van der Waals surface area contributed by atoms with Crippen molar-refractivity contribution < 1.29 is 14.3 Å². The van der Waals surface area contributed by atoms with E-state index >= 15 is 0 Å². The van der Waals surface area contributed by atoms with Crippen LogP contribution < -0.4 is 0 Å². The molecule has 0 aromatic carbocycles. The van der Waals surface area contributed by atoms with E-state index in [2.05, 4.69) is 66.7 Å². The first-order chi connectivity index (χ1) is 15.7. The Kier molecular flexibility index (Phi) is 5.08. The standard InChI is InChI=1S/C31H46O3/c1-26(2)11-9-12-29(5)23(26)10-13-31(7)24(29)22(32)18-20-21-19-28(4,25(33)34-8)15-14-27(21,3)16-17-30(20,31)6/h9,11,18,21,23-24H,10,12-17,19H2,1-8H3. The summed E-state index contributed by atoms with van der Waals surface area (Å²) in [5, 5.41) is 0. The molecule has 34 heavy (non-hydrogen) atoms. The van der Waals surface area contributed by atoms with Crippen LogP contribution in [0.15, 0.2) is 23.8 Å². The highest BCUT2D eigenvalue weighted by molar-refractivity contribution is 5.95. The van der Waals surface area contributed by atoms with Gasteiger partial charge in [-0.3, -0.25) is 9.59 Å². The molecule has 3 fully saturated rings. The molecule has 0 aromatic rings. The van der Waals surface area contributed by atoms with E-state index in [1.54, 1.807) is 0 Å². The number of esters is 1. The summed E-state index contributed by atoms with van der Waals surface area (Å²) in [4.78, 5) is 27.0. The van der Waals surface area contributed by atoms with E-state index in [0.717, 1.165) is 38.5 Å². The SMILES string of the molecule is COC(=O)C1(C)CCC2(C)CCC3(C)C(=CC(=O)C4C5(C)CC=CC(C)(C)C5CCC43C)C2C1. The highest BCUT2D eigenvalue weighted by Gasteiger charge is 2.69. The van der Waals surface area contributed by atoms with Crippen molar-refractivity contribution in [3.8, 4) is 0 Å². The molecule has 5 aliphatic carbocycles. The van der Waals surface area contributed by atoms with Crippen LogP contribution in [0.1, 0.15) is 99.8 Å². The number of ketones is 1. The lowest BCUT2D eigenvalue weighted by Gasteiger charge is -2.69. The summed E-state index contributed by atoms with van der Waals surface area (Å²) in [5.74, 6) is 1.16. The van der Waals surface area contributed by atoms with Crippen molar-refractivity contribution in [2.24, 2.45) is 50.2 Å². The van der Waals surface area contributed by atoms with Crippen molar-refractivity contribution in [2.45, 2.75) is 99.8 Å². The molecule has 5 aliphatic rings. The average Bonchev–Trinajstić information content (AvgIpc) is 2.75. The van der Waals surface area contributed by atoms with Crippen LogP contribution in [0.4, 0.5) is 0 Å². The molecule has 0 aromatic heterocycles. The highest BCUT2D eigenvalue weighted by atomic mass is 16.5. The number of ether oxygens (including phenoxy) is 1. The third-order valence-electron chi connectivity index (χ3n) is 12.5. The van der Waals surface area contributed by atoms with E-state index < -0.39 is 5.41 Å². The van der Waals surface area contributed by atoms with Crippen LogP contribution in [0.3, 0.4) is 0 Å². The predicted octanol–water partition coefficient (Wildman–Crippen LogP) is 7.31. The van der Waals surface area contributed by atoms with Crippen molar-refractivity contribution in [3.05, 3.63) is 23.8 Å². The van der Waals surface area contributed by atoms with E-state index in [0.29, 0.717) is 11.7 Å². The fourth-order valence-corrected chi connectivity index (χ4v) is 10.2. The molecule has 3 heteroatoms. The Morgan fingerprint density at radius 2 is 1.65 bits per heavy atom. The number of hydrogen-bond acceptors (Lipinski definition) is 3. The maximum absolute atomic E-state index is 14.2. The Morgan fingerprint density at radius 1 is 0.971 bits per heavy atom. The average molecular weight is 467 g/mol. The fourth-order valence-electron chi connectivity index (χ4n) is 10.2. The van der Waals surface area contributed by atoms with Gasteiger partial charge in [-0.1, -0.05) is 59.3 Å². The van der Waals surface area contributed by atoms with Crippen molar-refractivity contribution in [2.75, 3.05) is 7.11 Å². The van der Waals surface area contributed by atoms with Gasteiger partial charge in [0.05, 0.1) is 12.5 Å². The number of carbonyl (C=O) groups is 2. The van der Waals surface area contributed by atoms with Gasteiger partial charge < -0.3 is 4.74 Å². The number of methoxy groups -OCH3 is 1. The molecule has 0 spiro atoms. The van der Waals surface area contributed by atoms with E-state index in [4.69, 9.17) is 4.74 Å². The molecule has 0 radical (unpaired) electrons. The van der Waals surface area contributed by atoms with Crippen LogP contribution >= 0.6 is 0 Å². The maximum atomic E-state index is 14.2. The zero-order valence-corrected chi connectivity index (χ0v) is 22.8. The maximum Gasteiger partial charge on any atom is 0.311 e. The van der Waals surface area contributed by atoms with Gasteiger partial charge in [0, 0.05) is 5.92 Å². The zero-order chi connectivity index (χ0) is 24.9. The second-order valence-corrected chi connectivity index (χ2v) is 14.7. The van der Waals surface area contributed by atoms with Gasteiger partial charge in [-0.25, -0.2) is 0 Å². The summed E-state index contributed by atoms with van der Waals surface area (Å²) in [6.45, 7) is 16.6. The van der Waals surface area contributed by atoms with Crippen molar-refractivity contribution in [1.82, 2.24) is 0 Å². The monoisotopic (exact) mass is 466 g/mol. The molecule has 8 unspecified atom stereocenters. The lowest BCUT2D eigenvalue weighted by molar-refractivity contribution is -0.175. The second kappa shape index (κ2) is 7.10. The number of hydrogen-bond donors (Lipinski definition) is 0. The van der Waals surface area contributed by atoms with Crippen molar-refractivity contribution in [1.29, 1.82) is 0 Å². The molecule has 0 bridgehead atoms. The molecule has 5 rings (SSSR count). The summed E-state index contributed by atoms with van der Waals surface area (Å²) in [5.41, 5.74) is 1.18. The van der Waals surface area contributed by atoms with Gasteiger partial charge in [0.1, 0.15) is 0 Å². The van der Waals surface area contributed by atoms with Crippen LogP contribution in [-0.2, 0) is 14.3 Å². The first-order valence-corrected chi connectivity index (χ1v) is 13.7. The number of fused-ring (bicyclic) bond motifs is 7. The van der Waals surface area contributed by atoms with E-state index in [-0.39, 0.29) is 44.9 Å². The molecular formula is C31H46O3. The van der Waals surface area contributed by atoms with E-state index in [1.807, 2.05) is 0 Å². The molecule has 0 amide bonds. The summed E-state index contributed by atoms with van der Waals surface area (Å²) >= 11 is 0. The van der Waals surface area contributed by atoms with Crippen LogP contribution in [0.25, 0.3) is 0 Å². The molecule has 0 saturated heterocycles. The fraction of sp³-hybridized carbons (Fsp3) is 0.806. The number of rotatable bonds is 1. The minimum atomic E-state index is -0.458. The van der Waals surface area contributed by atoms with Gasteiger partial charge >= 0.3 is 5.97 Å². The minimum absolute atomic E-state index is 0.00121. The molecular weight excluding hydrogens is 420 g/mol. The minimum Gasteiger partial charge on any atom is -0.469 e. The van der Waals surface area contributed by atoms with Gasteiger partial charge in [-0.05, 0) is 103 Å². The molecule has 0 aliphatic heterocycles. The van der Waals surface area contributed by atoms with Crippen molar-refractivity contribution >= 4 is 11.8 Å². The lowest BCUT2D eigenvalue weighted by Crippen LogP contribution is -2.65. The van der Waals surface area contributed by atoms with Gasteiger partial charge in [-0.2, -0.15) is 0 Å². The summed E-state index contributed by atoms with van der Waals surface area (Å²) in [6, 6.07) is 0. The summed E-state index contributed by atoms with van der Waals surface area (Å²) < 4.78 is 5.25. The largest absolute Gasteiger partial charge is 0.469 e. The van der Waals surface area contributed by atoms with Crippen LogP contribution in [0.5, 0.6) is 0 Å². The third-order valence-corrected chi connectivity index (χ3v) is 12.5. The Labute approximate surface area is 207 Å². The molecule has 3 nitrogen and oxygen atoms in total. The highest BCUT2D eigenvalue weighted by Crippen LogP contribution is 2.74. The van der Waals surface area contributed by atoms with Crippen molar-refractivity contribution in [3.63, 3.8) is 0 Å². The smallest absolute Gasteiger partial charge is 0.311 e. The second-order valence-electron chi connectivity index (χ2n) is 14.7. The molecule has 0 heterocycles. The third kappa shape index (κ3) is 2.88. The van der Waals surface area contributed by atoms with Gasteiger partial charge in [0.15, 0.2) is 5.78 Å². The summed E-state index contributed by atoms with van der Waals surface area (Å²) in [7, 11) is 1.51. The molecule has 0 N–H and O–H groups in total. The number of allylic oxidation sites excluding steroid dienone is 4. The Bertz CT molecular complexity index is 989. The van der Waals surface area contributed by atoms with E-state index in [9.17, 15) is 9.59 Å². The summed E-state index contributed by atoms with van der Waals surface area (Å²) in [6.07, 6.45) is 15.2. The van der Waals surface area contributed by atoms with Gasteiger partial charge in [-0.15, -0.1) is 0 Å². The first-order valence-electron chi connectivity index (χ1n) is 13.7. The normalized spacial score (nSPS) is 51.4. The molecule has 188 valence electrons. The number of carbonyl (C=O) groups excluding carboxylic acids is 2. The molecule has 8 atom stereocenters. The van der Waals surface area contributed by atoms with Gasteiger partial charge in [0.2, 0.25) is 0 Å². The van der Waals surface area contributed by atoms with Gasteiger partial charge in [0.25, 0.3) is 0 Å². The Hall–Kier alpha value is -1.38. The Balaban J connectivity index is 1.62.